The summed E-state index contributed by atoms with van der Waals surface area (Å²) in [6.45, 7) is 12.5. The number of anilines is 1. The Kier molecular flexibility index (Phi) is 7.00. The van der Waals surface area contributed by atoms with Crippen LogP contribution < -0.4 is 10.2 Å². The van der Waals surface area contributed by atoms with E-state index in [0.717, 1.165) is 45.7 Å². The smallest absolute Gasteiger partial charge is 0.317 e. The highest BCUT2D eigenvalue weighted by molar-refractivity contribution is 5.74. The minimum Gasteiger partial charge on any atom is -0.369 e. The molecule has 1 aromatic rings. The number of nitrogens with one attached hydrogen (secondary N) is 1. The summed E-state index contributed by atoms with van der Waals surface area (Å²) >= 11 is 0. The topological polar surface area (TPSA) is 38.8 Å². The van der Waals surface area contributed by atoms with Crippen molar-refractivity contribution in [1.29, 1.82) is 0 Å². The molecule has 1 aliphatic carbocycles. The summed E-state index contributed by atoms with van der Waals surface area (Å²) in [4.78, 5) is 19.7. The fourth-order valence-electron chi connectivity index (χ4n) is 3.76. The van der Waals surface area contributed by atoms with Gasteiger partial charge >= 0.3 is 6.03 Å². The van der Waals surface area contributed by atoms with Crippen LogP contribution in [0.4, 0.5) is 10.5 Å². The van der Waals surface area contributed by atoms with Crippen LogP contribution in [0.5, 0.6) is 0 Å². The molecular formula is C22H36N4O. The lowest BCUT2D eigenvalue weighted by molar-refractivity contribution is 0.173. The number of hydrogen-bond donors (Lipinski definition) is 1. The Morgan fingerprint density at radius 1 is 1.11 bits per heavy atom. The van der Waals surface area contributed by atoms with E-state index >= 15 is 0 Å². The van der Waals surface area contributed by atoms with Crippen LogP contribution in [0.2, 0.25) is 0 Å². The monoisotopic (exact) mass is 372 g/mol. The fraction of sp³-hybridized carbons (Fsp3) is 0.682. The summed E-state index contributed by atoms with van der Waals surface area (Å²) in [5, 5.41) is 3.20. The van der Waals surface area contributed by atoms with E-state index in [9.17, 15) is 4.79 Å². The lowest BCUT2D eigenvalue weighted by Crippen LogP contribution is -2.53. The SMILES string of the molecule is CC(C)CCN(C(=O)NCC(C)N1CCN(c2ccccc2)CC1)C1CC1. The molecule has 1 unspecified atom stereocenters. The second kappa shape index (κ2) is 9.45. The first kappa shape index (κ1) is 20.0. The van der Waals surface area contributed by atoms with E-state index in [-0.39, 0.29) is 6.03 Å². The van der Waals surface area contributed by atoms with Gasteiger partial charge in [0.1, 0.15) is 0 Å². The highest BCUT2D eigenvalue weighted by atomic mass is 16.2. The second-order valence-corrected chi connectivity index (χ2v) is 8.50. The van der Waals surface area contributed by atoms with Crippen molar-refractivity contribution in [3.8, 4) is 0 Å². The molecule has 1 N–H and O–H groups in total. The van der Waals surface area contributed by atoms with Gasteiger partial charge in [0.15, 0.2) is 0 Å². The third-order valence-corrected chi connectivity index (χ3v) is 5.80. The van der Waals surface area contributed by atoms with Gasteiger partial charge in [0.25, 0.3) is 0 Å². The van der Waals surface area contributed by atoms with E-state index in [0.29, 0.717) is 18.0 Å². The fourth-order valence-corrected chi connectivity index (χ4v) is 3.76. The molecule has 1 atom stereocenters. The lowest BCUT2D eigenvalue weighted by Gasteiger charge is -2.39. The zero-order chi connectivity index (χ0) is 19.2. The van der Waals surface area contributed by atoms with Crippen LogP contribution in [-0.4, -0.2) is 67.2 Å². The van der Waals surface area contributed by atoms with Gasteiger partial charge in [-0.15, -0.1) is 0 Å². The average Bonchev–Trinajstić information content (AvgIpc) is 3.52. The van der Waals surface area contributed by atoms with Gasteiger partial charge in [0, 0.05) is 57.0 Å². The molecule has 1 aliphatic heterocycles. The normalized spacial score (nSPS) is 19.2. The van der Waals surface area contributed by atoms with Gasteiger partial charge in [0.05, 0.1) is 0 Å². The molecule has 2 amide bonds. The number of amides is 2. The van der Waals surface area contributed by atoms with Crippen LogP contribution in [0.15, 0.2) is 30.3 Å². The Hall–Kier alpha value is -1.75. The van der Waals surface area contributed by atoms with Crippen molar-refractivity contribution in [3.05, 3.63) is 30.3 Å². The molecule has 0 bridgehead atoms. The maximum absolute atomic E-state index is 12.6. The van der Waals surface area contributed by atoms with Crippen molar-refractivity contribution in [2.45, 2.75) is 52.1 Å². The molecule has 0 aromatic heterocycles. The molecular weight excluding hydrogens is 336 g/mol. The number of carbonyl (C=O) groups excluding carboxylic acids is 1. The van der Waals surface area contributed by atoms with E-state index < -0.39 is 0 Å². The molecule has 1 saturated carbocycles. The lowest BCUT2D eigenvalue weighted by atomic mass is 10.1. The maximum Gasteiger partial charge on any atom is 0.317 e. The van der Waals surface area contributed by atoms with Crippen molar-refractivity contribution in [2.75, 3.05) is 44.2 Å². The first-order valence-corrected chi connectivity index (χ1v) is 10.6. The van der Waals surface area contributed by atoms with Crippen LogP contribution in [-0.2, 0) is 0 Å². The van der Waals surface area contributed by atoms with Gasteiger partial charge in [0.2, 0.25) is 0 Å². The summed E-state index contributed by atoms with van der Waals surface area (Å²) < 4.78 is 0. The number of benzene rings is 1. The van der Waals surface area contributed by atoms with Crippen molar-refractivity contribution in [3.63, 3.8) is 0 Å². The third kappa shape index (κ3) is 5.86. The molecule has 150 valence electrons. The molecule has 5 nitrogen and oxygen atoms in total. The third-order valence-electron chi connectivity index (χ3n) is 5.80. The van der Waals surface area contributed by atoms with Crippen LogP contribution in [0.1, 0.15) is 40.0 Å². The second-order valence-electron chi connectivity index (χ2n) is 8.50. The molecule has 5 heteroatoms. The first-order chi connectivity index (χ1) is 13.0. The largest absolute Gasteiger partial charge is 0.369 e. The molecule has 0 radical (unpaired) electrons. The van der Waals surface area contributed by atoms with Gasteiger partial charge in [-0.2, -0.15) is 0 Å². The molecule has 1 saturated heterocycles. The molecule has 0 spiro atoms. The summed E-state index contributed by atoms with van der Waals surface area (Å²) in [6, 6.07) is 11.6. The number of nitrogens with zero attached hydrogens (tertiary/aromatic N) is 3. The summed E-state index contributed by atoms with van der Waals surface area (Å²) in [5.41, 5.74) is 1.31. The van der Waals surface area contributed by atoms with E-state index in [1.165, 1.54) is 18.5 Å². The quantitative estimate of drug-likeness (QED) is 0.760. The Morgan fingerprint density at radius 2 is 1.78 bits per heavy atom. The number of carbonyl (C=O) groups is 1. The standard InChI is InChI=1S/C22H36N4O/c1-18(2)11-12-26(21-9-10-21)22(27)23-17-19(3)24-13-15-25(16-14-24)20-7-5-4-6-8-20/h4-8,18-19,21H,9-17H2,1-3H3,(H,23,27). The number of para-hydroxylation sites is 1. The zero-order valence-electron chi connectivity index (χ0n) is 17.2. The summed E-state index contributed by atoms with van der Waals surface area (Å²) in [5.74, 6) is 0.638. The molecule has 2 fully saturated rings. The van der Waals surface area contributed by atoms with Crippen LogP contribution in [0.3, 0.4) is 0 Å². The van der Waals surface area contributed by atoms with Crippen molar-refractivity contribution in [2.24, 2.45) is 5.92 Å². The zero-order valence-corrected chi connectivity index (χ0v) is 17.2. The average molecular weight is 373 g/mol. The molecule has 27 heavy (non-hydrogen) atoms. The number of piperazine rings is 1. The first-order valence-electron chi connectivity index (χ1n) is 10.6. The van der Waals surface area contributed by atoms with Crippen molar-refractivity contribution >= 4 is 11.7 Å². The number of rotatable bonds is 8. The number of hydrogen-bond acceptors (Lipinski definition) is 3. The maximum atomic E-state index is 12.6. The van der Waals surface area contributed by atoms with Gasteiger partial charge in [-0.05, 0) is 44.2 Å². The van der Waals surface area contributed by atoms with Gasteiger partial charge in [-0.1, -0.05) is 32.0 Å². The molecule has 3 rings (SSSR count). The highest BCUT2D eigenvalue weighted by Crippen LogP contribution is 2.27. The molecule has 1 heterocycles. The Bertz CT molecular complexity index is 579. The van der Waals surface area contributed by atoms with Crippen molar-refractivity contribution < 1.29 is 4.79 Å². The van der Waals surface area contributed by atoms with Gasteiger partial charge < -0.3 is 15.1 Å². The predicted octanol–water partition coefficient (Wildman–Crippen LogP) is 3.42. The minimum absolute atomic E-state index is 0.132. The van der Waals surface area contributed by atoms with E-state index in [1.54, 1.807) is 0 Å². The Labute approximate surface area is 164 Å². The Balaban J connectivity index is 1.41. The van der Waals surface area contributed by atoms with E-state index in [1.807, 2.05) is 0 Å². The van der Waals surface area contributed by atoms with E-state index in [4.69, 9.17) is 0 Å². The Morgan fingerprint density at radius 3 is 2.37 bits per heavy atom. The molecule has 1 aromatic carbocycles. The number of urea groups is 1. The summed E-state index contributed by atoms with van der Waals surface area (Å²) in [6.07, 6.45) is 3.42. The van der Waals surface area contributed by atoms with E-state index in [2.05, 4.69) is 71.1 Å². The molecule has 2 aliphatic rings. The minimum atomic E-state index is 0.132. The van der Waals surface area contributed by atoms with Gasteiger partial charge in [-0.25, -0.2) is 4.79 Å². The van der Waals surface area contributed by atoms with Crippen LogP contribution in [0, 0.1) is 5.92 Å². The van der Waals surface area contributed by atoms with Gasteiger partial charge in [-0.3, -0.25) is 4.90 Å². The van der Waals surface area contributed by atoms with Crippen LogP contribution >= 0.6 is 0 Å². The van der Waals surface area contributed by atoms with Crippen molar-refractivity contribution in [1.82, 2.24) is 15.1 Å². The summed E-state index contributed by atoms with van der Waals surface area (Å²) in [7, 11) is 0. The predicted molar refractivity (Wildman–Crippen MR) is 112 cm³/mol. The van der Waals surface area contributed by atoms with Crippen LogP contribution in [0.25, 0.3) is 0 Å². The highest BCUT2D eigenvalue weighted by Gasteiger charge is 2.32.